The lowest BCUT2D eigenvalue weighted by molar-refractivity contribution is 0.165. The Hall–Kier alpha value is -0.850. The van der Waals surface area contributed by atoms with Crippen LogP contribution in [0.5, 0.6) is 0 Å². The molecule has 1 aromatic carbocycles. The molecule has 0 N–H and O–H groups in total. The molecule has 2 aliphatic rings. The maximum atomic E-state index is 14.0. The zero-order valence-electron chi connectivity index (χ0n) is 14.3. The average molecular weight is 302 g/mol. The summed E-state index contributed by atoms with van der Waals surface area (Å²) in [5, 5.41) is 0. The molecule has 3 rings (SSSR count). The smallest absolute Gasteiger partial charge is 0.126 e. The van der Waals surface area contributed by atoms with Crippen molar-refractivity contribution in [1.29, 1.82) is 0 Å². The standard InChI is InChI=1S/C21H31F/c1-3-16-8-13-20(14-21(16)22)19-11-9-18(10-12-19)17-6-4-15(2)5-7-17/h8,13-15,17-19H,3-7,9-12H2,1-2H3. The number of aryl methyl sites for hydroxylation is 1. The summed E-state index contributed by atoms with van der Waals surface area (Å²) >= 11 is 0. The molecule has 0 bridgehead atoms. The second-order valence-electron chi connectivity index (χ2n) is 7.84. The Labute approximate surface area is 135 Å². The molecule has 2 saturated carbocycles. The van der Waals surface area contributed by atoms with Gasteiger partial charge in [-0.2, -0.15) is 0 Å². The molecule has 0 aromatic heterocycles. The van der Waals surface area contributed by atoms with Gasteiger partial charge in [0, 0.05) is 0 Å². The van der Waals surface area contributed by atoms with E-state index >= 15 is 0 Å². The Kier molecular flexibility index (Phi) is 5.21. The quantitative estimate of drug-likeness (QED) is 0.598. The number of halogens is 1. The Morgan fingerprint density at radius 2 is 1.50 bits per heavy atom. The van der Waals surface area contributed by atoms with Crippen molar-refractivity contribution < 1.29 is 4.39 Å². The third kappa shape index (κ3) is 3.55. The van der Waals surface area contributed by atoms with Crippen molar-refractivity contribution in [1.82, 2.24) is 0 Å². The first-order valence-electron chi connectivity index (χ1n) is 9.45. The van der Waals surface area contributed by atoms with Crippen molar-refractivity contribution in [3.63, 3.8) is 0 Å². The van der Waals surface area contributed by atoms with E-state index in [2.05, 4.69) is 13.0 Å². The lowest BCUT2D eigenvalue weighted by Crippen LogP contribution is -2.24. The van der Waals surface area contributed by atoms with Gasteiger partial charge in [0.05, 0.1) is 0 Å². The largest absolute Gasteiger partial charge is 0.207 e. The Balaban J connectivity index is 1.56. The molecule has 0 radical (unpaired) electrons. The van der Waals surface area contributed by atoms with Crippen LogP contribution in [0.25, 0.3) is 0 Å². The summed E-state index contributed by atoms with van der Waals surface area (Å²) in [4.78, 5) is 0. The monoisotopic (exact) mass is 302 g/mol. The van der Waals surface area contributed by atoms with E-state index in [1.165, 1.54) is 56.9 Å². The summed E-state index contributed by atoms with van der Waals surface area (Å²) in [6, 6.07) is 5.99. The minimum Gasteiger partial charge on any atom is -0.207 e. The van der Waals surface area contributed by atoms with Crippen molar-refractivity contribution in [3.05, 3.63) is 35.1 Å². The van der Waals surface area contributed by atoms with Crippen LogP contribution >= 0.6 is 0 Å². The summed E-state index contributed by atoms with van der Waals surface area (Å²) in [6.07, 6.45) is 11.8. The van der Waals surface area contributed by atoms with E-state index < -0.39 is 0 Å². The molecule has 122 valence electrons. The number of rotatable bonds is 3. The lowest BCUT2D eigenvalue weighted by Gasteiger charge is -2.37. The number of hydrogen-bond acceptors (Lipinski definition) is 0. The van der Waals surface area contributed by atoms with Crippen molar-refractivity contribution in [2.24, 2.45) is 17.8 Å². The van der Waals surface area contributed by atoms with Gasteiger partial charge in [-0.3, -0.25) is 0 Å². The maximum Gasteiger partial charge on any atom is 0.126 e. The first-order valence-corrected chi connectivity index (χ1v) is 9.45. The van der Waals surface area contributed by atoms with Crippen molar-refractivity contribution in [3.8, 4) is 0 Å². The summed E-state index contributed by atoms with van der Waals surface area (Å²) in [6.45, 7) is 4.43. The van der Waals surface area contributed by atoms with Crippen LogP contribution in [0.1, 0.15) is 82.3 Å². The second-order valence-corrected chi connectivity index (χ2v) is 7.84. The second kappa shape index (κ2) is 7.15. The van der Waals surface area contributed by atoms with Gasteiger partial charge >= 0.3 is 0 Å². The van der Waals surface area contributed by atoms with E-state index in [0.29, 0.717) is 5.92 Å². The molecule has 0 heterocycles. The van der Waals surface area contributed by atoms with E-state index in [0.717, 1.165) is 29.7 Å². The van der Waals surface area contributed by atoms with Crippen LogP contribution in [-0.2, 0) is 6.42 Å². The van der Waals surface area contributed by atoms with Crippen LogP contribution in [0.4, 0.5) is 4.39 Å². The SMILES string of the molecule is CCc1ccc(C2CCC(C3CCC(C)CC3)CC2)cc1F. The van der Waals surface area contributed by atoms with Gasteiger partial charge in [0.1, 0.15) is 5.82 Å². The molecule has 1 aromatic rings. The van der Waals surface area contributed by atoms with Gasteiger partial charge in [0.15, 0.2) is 0 Å². The van der Waals surface area contributed by atoms with E-state index in [-0.39, 0.29) is 5.82 Å². The van der Waals surface area contributed by atoms with Crippen LogP contribution in [0.3, 0.4) is 0 Å². The van der Waals surface area contributed by atoms with E-state index in [9.17, 15) is 4.39 Å². The highest BCUT2D eigenvalue weighted by molar-refractivity contribution is 5.27. The first kappa shape index (κ1) is 16.0. The summed E-state index contributed by atoms with van der Waals surface area (Å²) in [5.41, 5.74) is 2.10. The van der Waals surface area contributed by atoms with Gasteiger partial charge in [0.2, 0.25) is 0 Å². The lowest BCUT2D eigenvalue weighted by atomic mass is 9.68. The molecule has 0 nitrogen and oxygen atoms in total. The number of benzene rings is 1. The normalized spacial score (nSPS) is 32.9. The Bertz CT molecular complexity index is 477. The Morgan fingerprint density at radius 3 is 2.05 bits per heavy atom. The predicted molar refractivity (Wildman–Crippen MR) is 91.6 cm³/mol. The molecule has 2 fully saturated rings. The van der Waals surface area contributed by atoms with Crippen molar-refractivity contribution in [2.45, 2.75) is 77.6 Å². The van der Waals surface area contributed by atoms with Crippen LogP contribution in [-0.4, -0.2) is 0 Å². The topological polar surface area (TPSA) is 0 Å². The van der Waals surface area contributed by atoms with Crippen molar-refractivity contribution in [2.75, 3.05) is 0 Å². The van der Waals surface area contributed by atoms with Gasteiger partial charge in [-0.05, 0) is 85.8 Å². The number of hydrogen-bond donors (Lipinski definition) is 0. The summed E-state index contributed by atoms with van der Waals surface area (Å²) in [7, 11) is 0. The van der Waals surface area contributed by atoms with Crippen molar-refractivity contribution >= 4 is 0 Å². The highest BCUT2D eigenvalue weighted by atomic mass is 19.1. The van der Waals surface area contributed by atoms with Crippen LogP contribution in [0.2, 0.25) is 0 Å². The van der Waals surface area contributed by atoms with E-state index in [4.69, 9.17) is 0 Å². The molecule has 0 unspecified atom stereocenters. The third-order valence-corrected chi connectivity index (χ3v) is 6.43. The summed E-state index contributed by atoms with van der Waals surface area (Å²) < 4.78 is 14.0. The van der Waals surface area contributed by atoms with Gasteiger partial charge in [-0.25, -0.2) is 4.39 Å². The minimum absolute atomic E-state index is 0.00314. The summed E-state index contributed by atoms with van der Waals surface area (Å²) in [5.74, 6) is 3.48. The maximum absolute atomic E-state index is 14.0. The molecule has 0 atom stereocenters. The van der Waals surface area contributed by atoms with Gasteiger partial charge in [-0.1, -0.05) is 38.8 Å². The fourth-order valence-electron chi connectivity index (χ4n) is 4.79. The Morgan fingerprint density at radius 1 is 0.909 bits per heavy atom. The molecule has 0 aliphatic heterocycles. The molecular formula is C21H31F. The van der Waals surface area contributed by atoms with E-state index in [1.54, 1.807) is 0 Å². The van der Waals surface area contributed by atoms with E-state index in [1.807, 2.05) is 19.1 Å². The first-order chi connectivity index (χ1) is 10.7. The predicted octanol–water partition coefficient (Wildman–Crippen LogP) is 6.49. The highest BCUT2D eigenvalue weighted by Gasteiger charge is 2.30. The van der Waals surface area contributed by atoms with Gasteiger partial charge < -0.3 is 0 Å². The molecule has 0 amide bonds. The molecule has 1 heteroatoms. The fourth-order valence-corrected chi connectivity index (χ4v) is 4.79. The molecule has 0 spiro atoms. The molecular weight excluding hydrogens is 271 g/mol. The van der Waals surface area contributed by atoms with Gasteiger partial charge in [0.25, 0.3) is 0 Å². The zero-order chi connectivity index (χ0) is 15.5. The van der Waals surface area contributed by atoms with Gasteiger partial charge in [-0.15, -0.1) is 0 Å². The molecule has 0 saturated heterocycles. The zero-order valence-corrected chi connectivity index (χ0v) is 14.3. The fraction of sp³-hybridized carbons (Fsp3) is 0.714. The minimum atomic E-state index is 0.00314. The third-order valence-electron chi connectivity index (χ3n) is 6.43. The average Bonchev–Trinajstić information content (AvgIpc) is 2.56. The van der Waals surface area contributed by atoms with Crippen LogP contribution in [0.15, 0.2) is 18.2 Å². The van der Waals surface area contributed by atoms with Crippen LogP contribution < -0.4 is 0 Å². The highest BCUT2D eigenvalue weighted by Crippen LogP contribution is 2.43. The molecule has 22 heavy (non-hydrogen) atoms. The molecule has 2 aliphatic carbocycles. The van der Waals surface area contributed by atoms with Crippen LogP contribution in [0, 0.1) is 23.6 Å².